The maximum absolute atomic E-state index is 2.29. The van der Waals surface area contributed by atoms with Gasteiger partial charge in [0.15, 0.2) is 0 Å². The van der Waals surface area contributed by atoms with Gasteiger partial charge in [-0.1, -0.05) is 79.1 Å². The van der Waals surface area contributed by atoms with Crippen molar-refractivity contribution in [2.75, 3.05) is 0 Å². The molecule has 0 heterocycles. The van der Waals surface area contributed by atoms with Gasteiger partial charge in [0.1, 0.15) is 0 Å². The van der Waals surface area contributed by atoms with Gasteiger partial charge < -0.3 is 0 Å². The Kier molecular flexibility index (Phi) is 28.6. The molecule has 0 aromatic carbocycles. The second-order valence-electron chi connectivity index (χ2n) is 5.54. The van der Waals surface area contributed by atoms with Crippen LogP contribution < -0.4 is 0 Å². The van der Waals surface area contributed by atoms with Crippen LogP contribution in [0.1, 0.15) is 79.1 Å². The Labute approximate surface area is 137 Å². The molecule has 0 aliphatic carbocycles. The summed E-state index contributed by atoms with van der Waals surface area (Å²) in [6.07, 6.45) is 11.8. The van der Waals surface area contributed by atoms with Crippen LogP contribution in [0.5, 0.6) is 0 Å². The first-order valence-electron chi connectivity index (χ1n) is 8.83. The average Bonchev–Trinajstić information content (AvgIpc) is 2.39. The SMILES string of the molecule is CCCCC[CH2][Mg][CH2]CCCCC.C[CH2][Mg][CH2]C. The molecule has 0 aromatic rings. The van der Waals surface area contributed by atoms with Crippen molar-refractivity contribution in [2.24, 2.45) is 0 Å². The van der Waals surface area contributed by atoms with Gasteiger partial charge in [0.25, 0.3) is 0 Å². The monoisotopic (exact) mass is 276 g/mol. The molecule has 0 aromatic heterocycles. The van der Waals surface area contributed by atoms with Gasteiger partial charge in [0, 0.05) is 0 Å². The summed E-state index contributed by atoms with van der Waals surface area (Å²) in [5, 5.41) is 0. The minimum Gasteiger partial charge on any atom is -0.149 e. The molecule has 0 saturated heterocycles. The van der Waals surface area contributed by atoms with Crippen LogP contribution >= 0.6 is 0 Å². The van der Waals surface area contributed by atoms with Crippen LogP contribution in [0, 0.1) is 0 Å². The molecule has 0 nitrogen and oxygen atoms in total. The largest absolute Gasteiger partial charge is 0.364 e. The van der Waals surface area contributed by atoms with E-state index in [0.717, 1.165) is 0 Å². The van der Waals surface area contributed by atoms with Gasteiger partial charge in [-0.15, -0.1) is 18.2 Å². The van der Waals surface area contributed by atoms with E-state index in [-0.39, 0.29) is 0 Å². The van der Waals surface area contributed by atoms with E-state index in [1.54, 1.807) is 9.10 Å². The fraction of sp³-hybridized carbons (Fsp3) is 1.00. The van der Waals surface area contributed by atoms with Crippen LogP contribution in [-0.4, -0.2) is 40.7 Å². The van der Waals surface area contributed by atoms with Gasteiger partial charge in [-0.05, 0) is 0 Å². The van der Waals surface area contributed by atoms with Crippen molar-refractivity contribution in [2.45, 2.75) is 97.3 Å². The van der Waals surface area contributed by atoms with Crippen LogP contribution in [-0.2, 0) is 0 Å². The molecule has 0 saturated carbocycles. The molecule has 0 bridgehead atoms. The van der Waals surface area contributed by atoms with Crippen molar-refractivity contribution in [3.05, 3.63) is 0 Å². The molecule has 0 unspecified atom stereocenters. The molecule has 0 amide bonds. The van der Waals surface area contributed by atoms with E-state index >= 15 is 0 Å². The quantitative estimate of drug-likeness (QED) is 0.292. The molecule has 18 heavy (non-hydrogen) atoms. The van der Waals surface area contributed by atoms with Gasteiger partial charge in [-0.3, -0.25) is 0 Å². The molecule has 0 rings (SSSR count). The topological polar surface area (TPSA) is 0 Å². The highest BCUT2D eigenvalue weighted by Crippen LogP contribution is 2.07. The normalized spacial score (nSPS) is 9.11. The summed E-state index contributed by atoms with van der Waals surface area (Å²) >= 11 is 0.787. The van der Waals surface area contributed by atoms with Crippen molar-refractivity contribution in [1.29, 1.82) is 0 Å². The molecule has 0 aliphatic heterocycles. The number of hydrogen-bond acceptors (Lipinski definition) is 0. The van der Waals surface area contributed by atoms with Crippen LogP contribution in [0.3, 0.4) is 0 Å². The molecule has 0 radical (unpaired) electrons. The van der Waals surface area contributed by atoms with Crippen molar-refractivity contribution in [3.8, 4) is 0 Å². The highest BCUT2D eigenvalue weighted by Gasteiger charge is 1.95. The van der Waals surface area contributed by atoms with Crippen molar-refractivity contribution in [3.63, 3.8) is 0 Å². The molecule has 104 valence electrons. The highest BCUT2D eigenvalue weighted by atomic mass is 24.5. The number of hydrogen-bond donors (Lipinski definition) is 0. The lowest BCUT2D eigenvalue weighted by Gasteiger charge is -1.99. The number of rotatable bonds is 12. The Bertz CT molecular complexity index is 104. The van der Waals surface area contributed by atoms with E-state index in [4.69, 9.17) is 0 Å². The Morgan fingerprint density at radius 2 is 0.944 bits per heavy atom. The molecule has 0 fully saturated rings. The average molecular weight is 277 g/mol. The molecule has 0 atom stereocenters. The van der Waals surface area contributed by atoms with E-state index in [2.05, 4.69) is 27.7 Å². The van der Waals surface area contributed by atoms with Gasteiger partial charge in [0.05, 0.1) is 0 Å². The molecule has 0 N–H and O–H groups in total. The standard InChI is InChI=1S/2C6H13.2C2H5.2Mg/c2*1-3-5-6-4-2;2*1-2;;/h2*1,3-6H2,2H3;2*1H2,2H3;;. The first kappa shape index (κ1) is 21.8. The molecular formula is C16H36Mg2. The van der Waals surface area contributed by atoms with Crippen molar-refractivity contribution < 1.29 is 0 Å². The Balaban J connectivity index is 0. The van der Waals surface area contributed by atoms with Gasteiger partial charge in [-0.25, -0.2) is 0 Å². The maximum atomic E-state index is 2.29. The summed E-state index contributed by atoms with van der Waals surface area (Å²) in [6, 6.07) is 0. The van der Waals surface area contributed by atoms with Crippen LogP contribution in [0.15, 0.2) is 0 Å². The zero-order valence-electron chi connectivity index (χ0n) is 13.9. The second-order valence-corrected chi connectivity index (χ2v) is 10.4. The third kappa shape index (κ3) is 26.2. The predicted molar refractivity (Wildman–Crippen MR) is 90.4 cm³/mol. The van der Waals surface area contributed by atoms with Gasteiger partial charge in [0.2, 0.25) is 0 Å². The maximum Gasteiger partial charge on any atom is 0.364 e. The summed E-state index contributed by atoms with van der Waals surface area (Å²) in [5.74, 6) is 0. The minimum atomic E-state index is 0.355. The third-order valence-corrected chi connectivity index (χ3v) is 6.83. The Hall–Kier alpha value is 1.53. The highest BCUT2D eigenvalue weighted by molar-refractivity contribution is 6.35. The van der Waals surface area contributed by atoms with E-state index in [9.17, 15) is 0 Å². The fourth-order valence-electron chi connectivity index (χ4n) is 2.09. The van der Waals surface area contributed by atoms with Gasteiger partial charge >= 0.3 is 40.7 Å². The summed E-state index contributed by atoms with van der Waals surface area (Å²) in [4.78, 5) is 0. The Morgan fingerprint density at radius 1 is 0.500 bits per heavy atom. The zero-order valence-corrected chi connectivity index (χ0v) is 16.7. The predicted octanol–water partition coefficient (Wildman–Crippen LogP) is 6.25. The van der Waals surface area contributed by atoms with Crippen LogP contribution in [0.4, 0.5) is 0 Å². The fourth-order valence-corrected chi connectivity index (χ4v) is 4.57. The summed E-state index contributed by atoms with van der Waals surface area (Å²) < 4.78 is 6.20. The van der Waals surface area contributed by atoms with Crippen LogP contribution in [0.2, 0.25) is 18.2 Å². The smallest absolute Gasteiger partial charge is 0.149 e. The van der Waals surface area contributed by atoms with E-state index in [1.165, 1.54) is 60.5 Å². The van der Waals surface area contributed by atoms with Gasteiger partial charge in [-0.2, -0.15) is 0 Å². The second kappa shape index (κ2) is 23.6. The van der Waals surface area contributed by atoms with E-state index in [0.29, 0.717) is 40.7 Å². The lowest BCUT2D eigenvalue weighted by atomic mass is 10.2. The van der Waals surface area contributed by atoms with E-state index < -0.39 is 0 Å². The molecule has 0 aliphatic rings. The lowest BCUT2D eigenvalue weighted by molar-refractivity contribution is 0.689. The van der Waals surface area contributed by atoms with E-state index in [1.807, 2.05) is 0 Å². The number of unbranched alkanes of at least 4 members (excludes halogenated alkanes) is 6. The minimum absolute atomic E-state index is 0.355. The molecule has 2 heteroatoms. The molecular weight excluding hydrogens is 241 g/mol. The summed E-state index contributed by atoms with van der Waals surface area (Å²) in [7, 11) is 0. The summed E-state index contributed by atoms with van der Waals surface area (Å²) in [5.41, 5.74) is 0. The molecule has 0 spiro atoms. The van der Waals surface area contributed by atoms with Crippen LogP contribution in [0.25, 0.3) is 0 Å². The zero-order chi connectivity index (χ0) is 13.9. The lowest BCUT2D eigenvalue weighted by Crippen LogP contribution is -1.89. The Morgan fingerprint density at radius 3 is 1.22 bits per heavy atom. The van der Waals surface area contributed by atoms with Crippen molar-refractivity contribution in [1.82, 2.24) is 0 Å². The summed E-state index contributed by atoms with van der Waals surface area (Å²) in [6.45, 7) is 9.13. The van der Waals surface area contributed by atoms with Crippen molar-refractivity contribution >= 4 is 40.7 Å². The first-order chi connectivity index (χ1) is 8.83. The first-order valence-corrected chi connectivity index (χ1v) is 12.8. The third-order valence-electron chi connectivity index (χ3n) is 3.41.